The Kier molecular flexibility index (Phi) is 9.69. The minimum atomic E-state index is -1.66. The van der Waals surface area contributed by atoms with Crippen molar-refractivity contribution in [1.82, 2.24) is 5.32 Å². The van der Waals surface area contributed by atoms with Crippen LogP contribution in [0.25, 0.3) is 0 Å². The van der Waals surface area contributed by atoms with Gasteiger partial charge >= 0.3 is 0 Å². The number of hydrogen-bond acceptors (Lipinski definition) is 2. The van der Waals surface area contributed by atoms with Crippen LogP contribution in [0, 0.1) is 17.4 Å². The molecule has 158 valence electrons. The molecule has 1 N–H and O–H groups in total. The molecular weight excluding hydrogens is 374 g/mol. The zero-order chi connectivity index (χ0) is 21.4. The van der Waals surface area contributed by atoms with Crippen LogP contribution in [0.15, 0.2) is 30.3 Å². The summed E-state index contributed by atoms with van der Waals surface area (Å²) in [5.41, 5.74) is 4.89. The van der Waals surface area contributed by atoms with Gasteiger partial charge in [-0.3, -0.25) is 0 Å². The quantitative estimate of drug-likeness (QED) is 0.283. The average Bonchev–Trinajstić information content (AvgIpc) is 2.58. The van der Waals surface area contributed by atoms with Gasteiger partial charge in [-0.2, -0.15) is 0 Å². The lowest BCUT2D eigenvalue weighted by Crippen LogP contribution is -2.41. The lowest BCUT2D eigenvalue weighted by Gasteiger charge is -2.36. The highest BCUT2D eigenvalue weighted by molar-refractivity contribution is 6.83. The maximum Gasteiger partial charge on any atom is 0.191 e. The highest BCUT2D eigenvalue weighted by Gasteiger charge is 2.36. The van der Waals surface area contributed by atoms with E-state index in [2.05, 4.69) is 108 Å². The van der Waals surface area contributed by atoms with E-state index >= 15 is 0 Å². The van der Waals surface area contributed by atoms with Crippen molar-refractivity contribution in [3.8, 4) is 11.5 Å². The van der Waals surface area contributed by atoms with Gasteiger partial charge in [-0.15, -0.1) is 11.5 Å². The van der Waals surface area contributed by atoms with Crippen molar-refractivity contribution in [2.75, 3.05) is 6.61 Å². The fraction of sp³-hybridized carbons (Fsp3) is 0.667. The Balaban J connectivity index is 2.67. The molecule has 0 unspecified atom stereocenters. The molecule has 0 heterocycles. The third kappa shape index (κ3) is 9.56. The van der Waals surface area contributed by atoms with Crippen LogP contribution in [-0.4, -0.2) is 29.0 Å². The van der Waals surface area contributed by atoms with Gasteiger partial charge in [-0.1, -0.05) is 70.7 Å². The fourth-order valence-corrected chi connectivity index (χ4v) is 4.40. The molecular formula is C24H43NOSi2. The van der Waals surface area contributed by atoms with Gasteiger partial charge in [0.15, 0.2) is 8.32 Å². The molecule has 0 aliphatic rings. The zero-order valence-corrected chi connectivity index (χ0v) is 21.8. The third-order valence-electron chi connectivity index (χ3n) is 5.62. The first-order chi connectivity index (χ1) is 12.8. The summed E-state index contributed by atoms with van der Waals surface area (Å²) >= 11 is 0. The summed E-state index contributed by atoms with van der Waals surface area (Å²) in [5.74, 6) is 3.91. The highest BCUT2D eigenvalue weighted by Crippen LogP contribution is 2.36. The van der Waals surface area contributed by atoms with E-state index in [1.54, 1.807) is 0 Å². The molecule has 1 aromatic rings. The SMILES string of the molecule is C[C@H](C#C[Si](C)(C)C)[C@H](CCCO[Si](C)(C)C(C)(C)C)NCc1ccccc1. The van der Waals surface area contributed by atoms with Crippen molar-refractivity contribution in [3.05, 3.63) is 35.9 Å². The molecule has 2 nitrogen and oxygen atoms in total. The number of benzene rings is 1. The Bertz CT molecular complexity index is 633. The van der Waals surface area contributed by atoms with Crippen LogP contribution in [-0.2, 0) is 11.0 Å². The third-order valence-corrected chi connectivity index (χ3v) is 11.1. The van der Waals surface area contributed by atoms with Crippen molar-refractivity contribution >= 4 is 16.4 Å². The van der Waals surface area contributed by atoms with Crippen LogP contribution in [0.3, 0.4) is 0 Å². The van der Waals surface area contributed by atoms with E-state index in [0.717, 1.165) is 26.0 Å². The second-order valence-corrected chi connectivity index (χ2v) is 20.1. The van der Waals surface area contributed by atoms with Crippen LogP contribution < -0.4 is 5.32 Å². The van der Waals surface area contributed by atoms with Crippen molar-refractivity contribution in [1.29, 1.82) is 0 Å². The topological polar surface area (TPSA) is 21.3 Å². The van der Waals surface area contributed by atoms with E-state index in [0.29, 0.717) is 12.0 Å². The van der Waals surface area contributed by atoms with Crippen LogP contribution in [0.5, 0.6) is 0 Å². The predicted molar refractivity (Wildman–Crippen MR) is 130 cm³/mol. The molecule has 0 spiro atoms. The fourth-order valence-electron chi connectivity index (χ4n) is 2.65. The van der Waals surface area contributed by atoms with Crippen molar-refractivity contribution in [3.63, 3.8) is 0 Å². The molecule has 0 saturated heterocycles. The summed E-state index contributed by atoms with van der Waals surface area (Å²) in [4.78, 5) is 0. The molecule has 2 atom stereocenters. The lowest BCUT2D eigenvalue weighted by atomic mass is 9.98. The van der Waals surface area contributed by atoms with Crippen LogP contribution in [0.4, 0.5) is 0 Å². The van der Waals surface area contributed by atoms with Gasteiger partial charge in [0.05, 0.1) is 0 Å². The Morgan fingerprint density at radius 2 is 1.64 bits per heavy atom. The summed E-state index contributed by atoms with van der Waals surface area (Å²) in [5, 5.41) is 4.04. The second-order valence-electron chi connectivity index (χ2n) is 10.5. The Labute approximate surface area is 177 Å². The monoisotopic (exact) mass is 417 g/mol. The summed E-state index contributed by atoms with van der Waals surface area (Å²) in [6, 6.07) is 11.0. The van der Waals surface area contributed by atoms with Crippen LogP contribution in [0.1, 0.15) is 46.1 Å². The smallest absolute Gasteiger partial charge is 0.191 e. The maximum atomic E-state index is 6.38. The van der Waals surface area contributed by atoms with Crippen LogP contribution in [0.2, 0.25) is 37.8 Å². The van der Waals surface area contributed by atoms with Gasteiger partial charge in [-0.05, 0) is 43.5 Å². The van der Waals surface area contributed by atoms with Gasteiger partial charge in [0.1, 0.15) is 8.07 Å². The van der Waals surface area contributed by atoms with Gasteiger partial charge in [0.2, 0.25) is 0 Å². The number of rotatable bonds is 9. The summed E-state index contributed by atoms with van der Waals surface area (Å²) < 4.78 is 6.38. The van der Waals surface area contributed by atoms with Crippen LogP contribution >= 0.6 is 0 Å². The van der Waals surface area contributed by atoms with Crippen molar-refractivity contribution in [2.45, 2.75) is 90.9 Å². The zero-order valence-electron chi connectivity index (χ0n) is 19.8. The molecule has 28 heavy (non-hydrogen) atoms. The minimum Gasteiger partial charge on any atom is -0.417 e. The average molecular weight is 418 g/mol. The molecule has 0 fully saturated rings. The second kappa shape index (κ2) is 10.8. The lowest BCUT2D eigenvalue weighted by molar-refractivity contribution is 0.265. The van der Waals surface area contributed by atoms with Gasteiger partial charge in [0.25, 0.3) is 0 Å². The predicted octanol–water partition coefficient (Wildman–Crippen LogP) is 6.46. The molecule has 4 heteroatoms. The molecule has 1 rings (SSSR count). The van der Waals surface area contributed by atoms with Gasteiger partial charge in [0, 0.05) is 25.1 Å². The largest absolute Gasteiger partial charge is 0.417 e. The maximum absolute atomic E-state index is 6.38. The van der Waals surface area contributed by atoms with E-state index in [4.69, 9.17) is 4.43 Å². The normalized spacial score (nSPS) is 14.9. The molecule has 0 aromatic heterocycles. The van der Waals surface area contributed by atoms with E-state index in [1.165, 1.54) is 5.56 Å². The van der Waals surface area contributed by atoms with E-state index in [1.807, 2.05) is 0 Å². The van der Waals surface area contributed by atoms with E-state index < -0.39 is 16.4 Å². The molecule has 0 amide bonds. The summed E-state index contributed by atoms with van der Waals surface area (Å²) in [6.07, 6.45) is 2.18. The van der Waals surface area contributed by atoms with Crippen molar-refractivity contribution < 1.29 is 4.43 Å². The number of hydrogen-bond donors (Lipinski definition) is 1. The highest BCUT2D eigenvalue weighted by atomic mass is 28.4. The molecule has 1 aromatic carbocycles. The summed E-state index contributed by atoms with van der Waals surface area (Å²) in [6.45, 7) is 22.5. The first-order valence-corrected chi connectivity index (χ1v) is 17.2. The Hall–Kier alpha value is -0.866. The molecule has 0 bridgehead atoms. The van der Waals surface area contributed by atoms with E-state index in [-0.39, 0.29) is 5.04 Å². The van der Waals surface area contributed by atoms with Gasteiger partial charge in [-0.25, -0.2) is 0 Å². The molecule has 0 aliphatic heterocycles. The first kappa shape index (κ1) is 25.2. The minimum absolute atomic E-state index is 0.272. The van der Waals surface area contributed by atoms with Gasteiger partial charge < -0.3 is 9.74 Å². The standard InChI is InChI=1S/C24H43NOSi2/c1-21(17-19-27(5,6)7)23(25-20-22-14-11-10-12-15-22)16-13-18-26-28(8,9)24(2,3)4/h10-12,14-15,21,23,25H,13,16,18,20H2,1-9H3/t21-,23+/m1/s1. The first-order valence-electron chi connectivity index (χ1n) is 10.8. The Morgan fingerprint density at radius 1 is 1.04 bits per heavy atom. The summed E-state index contributed by atoms with van der Waals surface area (Å²) in [7, 11) is -3.00. The number of nitrogens with one attached hydrogen (secondary N) is 1. The Morgan fingerprint density at radius 3 is 2.18 bits per heavy atom. The molecule has 0 saturated carbocycles. The molecule has 0 aliphatic carbocycles. The van der Waals surface area contributed by atoms with Crippen molar-refractivity contribution in [2.24, 2.45) is 5.92 Å². The molecule has 0 radical (unpaired) electrons. The van der Waals surface area contributed by atoms with E-state index in [9.17, 15) is 0 Å².